The van der Waals surface area contributed by atoms with Crippen molar-refractivity contribution < 1.29 is 23.1 Å². The maximum absolute atomic E-state index is 13.5. The van der Waals surface area contributed by atoms with Gasteiger partial charge in [-0.3, -0.25) is 0 Å². The monoisotopic (exact) mass is 242 g/mol. The van der Waals surface area contributed by atoms with Gasteiger partial charge in [-0.15, -0.1) is 0 Å². The molecule has 0 aliphatic carbocycles. The van der Waals surface area contributed by atoms with Crippen LogP contribution in [-0.2, 0) is 14.3 Å². The molecule has 17 heavy (non-hydrogen) atoms. The summed E-state index contributed by atoms with van der Waals surface area (Å²) in [5, 5.41) is 0. The van der Waals surface area contributed by atoms with Gasteiger partial charge in [0.25, 0.3) is 0 Å². The molecule has 1 atom stereocenters. The molecule has 0 aromatic heterocycles. The van der Waals surface area contributed by atoms with Crippen molar-refractivity contribution in [3.63, 3.8) is 0 Å². The van der Waals surface area contributed by atoms with E-state index >= 15 is 0 Å². The lowest BCUT2D eigenvalue weighted by atomic mass is 9.96. The zero-order chi connectivity index (χ0) is 12.8. The van der Waals surface area contributed by atoms with E-state index in [9.17, 15) is 8.78 Å². The molecule has 0 spiro atoms. The molecule has 1 saturated heterocycles. The highest BCUT2D eigenvalue weighted by Gasteiger charge is 2.24. The van der Waals surface area contributed by atoms with E-state index in [0.717, 1.165) is 0 Å². The average molecular weight is 242 g/mol. The van der Waals surface area contributed by atoms with Gasteiger partial charge in [0.05, 0.1) is 6.61 Å². The number of rotatable bonds is 1. The van der Waals surface area contributed by atoms with Gasteiger partial charge in [-0.25, -0.2) is 8.78 Å². The minimum atomic E-state index is -0.446. The lowest BCUT2D eigenvalue weighted by molar-refractivity contribution is -0.191. The highest BCUT2D eigenvalue weighted by molar-refractivity contribution is 5.28. The van der Waals surface area contributed by atoms with Crippen molar-refractivity contribution in [2.75, 3.05) is 13.2 Å². The van der Waals surface area contributed by atoms with Gasteiger partial charge in [0.2, 0.25) is 0 Å². The van der Waals surface area contributed by atoms with Gasteiger partial charge in [0, 0.05) is 18.1 Å². The zero-order valence-corrected chi connectivity index (χ0v) is 9.33. The number of hydrogen-bond acceptors (Lipinski definition) is 3. The topological polar surface area (TPSA) is 43.4 Å². The maximum Gasteiger partial charge on any atom is 0.373 e. The van der Waals surface area contributed by atoms with Crippen LogP contribution in [0.25, 0.3) is 0 Å². The molecule has 0 bridgehead atoms. The van der Waals surface area contributed by atoms with E-state index in [1.54, 1.807) is 6.92 Å². The van der Waals surface area contributed by atoms with Crippen LogP contribution in [0.4, 0.5) is 8.78 Å². The van der Waals surface area contributed by atoms with E-state index in [1.165, 1.54) is 12.1 Å². The summed E-state index contributed by atoms with van der Waals surface area (Å²) < 4.78 is 32.1. The average Bonchev–Trinajstić information content (AvgIpc) is 2.70. The van der Waals surface area contributed by atoms with Gasteiger partial charge in [0.1, 0.15) is 11.6 Å². The van der Waals surface area contributed by atoms with Crippen LogP contribution in [0.15, 0.2) is 12.1 Å². The Kier molecular flexibility index (Phi) is 4.94. The van der Waals surface area contributed by atoms with Crippen LogP contribution in [0.1, 0.15) is 23.5 Å². The molecule has 0 saturated carbocycles. The second-order valence-corrected chi connectivity index (χ2v) is 3.79. The number of aryl methyl sites for hydroxylation is 1. The zero-order valence-electron chi connectivity index (χ0n) is 9.33. The van der Waals surface area contributed by atoms with Gasteiger partial charge in [-0.2, -0.15) is 9.59 Å². The third kappa shape index (κ3) is 3.44. The van der Waals surface area contributed by atoms with Crippen molar-refractivity contribution in [2.45, 2.75) is 19.3 Å². The lowest BCUT2D eigenvalue weighted by Gasteiger charge is -2.11. The molecule has 1 aliphatic rings. The van der Waals surface area contributed by atoms with Crippen LogP contribution in [0, 0.1) is 18.6 Å². The van der Waals surface area contributed by atoms with Crippen LogP contribution >= 0.6 is 0 Å². The fourth-order valence-electron chi connectivity index (χ4n) is 1.86. The summed E-state index contributed by atoms with van der Waals surface area (Å²) in [7, 11) is 0. The van der Waals surface area contributed by atoms with Crippen molar-refractivity contribution in [1.82, 2.24) is 0 Å². The summed E-state index contributed by atoms with van der Waals surface area (Å²) in [6.45, 7) is 2.70. The second kappa shape index (κ2) is 6.23. The molecule has 1 aliphatic heterocycles. The Balaban J connectivity index is 0.000000437. The van der Waals surface area contributed by atoms with Gasteiger partial charge in [0.15, 0.2) is 0 Å². The first-order valence-corrected chi connectivity index (χ1v) is 5.12. The molecule has 1 fully saturated rings. The molecule has 1 aromatic rings. The second-order valence-electron chi connectivity index (χ2n) is 3.79. The number of hydrogen-bond donors (Lipinski definition) is 0. The highest BCUT2D eigenvalue weighted by Crippen LogP contribution is 2.30. The first-order chi connectivity index (χ1) is 8.10. The Morgan fingerprint density at radius 2 is 1.82 bits per heavy atom. The molecular formula is C12H12F2O3. The normalized spacial score (nSPS) is 18.2. The largest absolute Gasteiger partial charge is 0.381 e. The standard InChI is InChI=1S/C11H12F2O.CO2/c1-7-4-9(12)11(10(13)5-7)8-2-3-14-6-8;2-1-3/h4-5,8H,2-3,6H2,1H3;. The molecule has 3 nitrogen and oxygen atoms in total. The molecular weight excluding hydrogens is 230 g/mol. The van der Waals surface area contributed by atoms with Crippen molar-refractivity contribution in [1.29, 1.82) is 0 Å². The molecule has 1 aromatic carbocycles. The van der Waals surface area contributed by atoms with Crippen LogP contribution in [0.2, 0.25) is 0 Å². The predicted octanol–water partition coefficient (Wildman–Crippen LogP) is 2.19. The molecule has 92 valence electrons. The molecule has 1 heterocycles. The fraction of sp³-hybridized carbons (Fsp3) is 0.417. The van der Waals surface area contributed by atoms with Gasteiger partial charge in [-0.05, 0) is 31.0 Å². The third-order valence-corrected chi connectivity index (χ3v) is 2.56. The first kappa shape index (κ1) is 13.5. The highest BCUT2D eigenvalue weighted by atomic mass is 19.1. The van der Waals surface area contributed by atoms with Crippen molar-refractivity contribution in [3.8, 4) is 0 Å². The lowest BCUT2D eigenvalue weighted by Crippen LogP contribution is -2.05. The first-order valence-electron chi connectivity index (χ1n) is 5.12. The van der Waals surface area contributed by atoms with Crippen molar-refractivity contribution in [2.24, 2.45) is 0 Å². The molecule has 2 rings (SSSR count). The Hall–Kier alpha value is -1.58. The predicted molar refractivity (Wildman–Crippen MR) is 54.3 cm³/mol. The van der Waals surface area contributed by atoms with Crippen LogP contribution < -0.4 is 0 Å². The minimum absolute atomic E-state index is 0.115. The fourth-order valence-corrected chi connectivity index (χ4v) is 1.86. The summed E-state index contributed by atoms with van der Waals surface area (Å²) in [6, 6.07) is 2.74. The van der Waals surface area contributed by atoms with Crippen molar-refractivity contribution >= 4 is 6.15 Å². The number of ether oxygens (including phenoxy) is 1. The van der Waals surface area contributed by atoms with E-state index in [0.29, 0.717) is 25.2 Å². The summed E-state index contributed by atoms with van der Waals surface area (Å²) in [4.78, 5) is 16.2. The van der Waals surface area contributed by atoms with E-state index in [4.69, 9.17) is 14.3 Å². The Morgan fingerprint density at radius 3 is 2.24 bits per heavy atom. The molecule has 5 heteroatoms. The number of halogens is 2. The SMILES string of the molecule is Cc1cc(F)c(C2CCOC2)c(F)c1.O=C=O. The smallest absolute Gasteiger partial charge is 0.373 e. The Bertz CT molecular complexity index is 397. The van der Waals surface area contributed by atoms with E-state index in [2.05, 4.69) is 0 Å². The van der Waals surface area contributed by atoms with Crippen molar-refractivity contribution in [3.05, 3.63) is 34.9 Å². The van der Waals surface area contributed by atoms with Gasteiger partial charge < -0.3 is 4.74 Å². The number of benzene rings is 1. The molecule has 0 radical (unpaired) electrons. The van der Waals surface area contributed by atoms with Gasteiger partial charge in [-0.1, -0.05) is 0 Å². The van der Waals surface area contributed by atoms with Gasteiger partial charge >= 0.3 is 6.15 Å². The van der Waals surface area contributed by atoms with Crippen LogP contribution in [0.5, 0.6) is 0 Å². The maximum atomic E-state index is 13.5. The van der Waals surface area contributed by atoms with E-state index in [1.807, 2.05) is 0 Å². The van der Waals surface area contributed by atoms with E-state index < -0.39 is 11.6 Å². The minimum Gasteiger partial charge on any atom is -0.381 e. The molecule has 0 amide bonds. The molecule has 0 N–H and O–H groups in total. The summed E-state index contributed by atoms with van der Waals surface area (Å²) in [6.07, 6.45) is 0.955. The Morgan fingerprint density at radius 1 is 1.29 bits per heavy atom. The third-order valence-electron chi connectivity index (χ3n) is 2.56. The summed E-state index contributed by atoms with van der Waals surface area (Å²) in [5.41, 5.74) is 0.802. The summed E-state index contributed by atoms with van der Waals surface area (Å²) >= 11 is 0. The number of carbonyl (C=O) groups excluding carboxylic acids is 2. The Labute approximate surface area is 97.4 Å². The quantitative estimate of drug-likeness (QED) is 0.758. The van der Waals surface area contributed by atoms with Crippen LogP contribution in [-0.4, -0.2) is 19.4 Å². The summed E-state index contributed by atoms with van der Waals surface area (Å²) in [5.74, 6) is -1.01. The molecule has 1 unspecified atom stereocenters. The van der Waals surface area contributed by atoms with Crippen LogP contribution in [0.3, 0.4) is 0 Å². The van der Waals surface area contributed by atoms with E-state index in [-0.39, 0.29) is 17.6 Å².